The third-order valence-corrected chi connectivity index (χ3v) is 2.18. The summed E-state index contributed by atoms with van der Waals surface area (Å²) in [4.78, 5) is 4.33. The van der Waals surface area contributed by atoms with Crippen LogP contribution in [-0.4, -0.2) is 15.2 Å². The molecule has 0 aliphatic heterocycles. The van der Waals surface area contributed by atoms with Crippen molar-refractivity contribution >= 4 is 0 Å². The molecule has 0 saturated carbocycles. The first-order chi connectivity index (χ1) is 7.75. The molecule has 0 atom stereocenters. The van der Waals surface area contributed by atoms with Crippen molar-refractivity contribution < 1.29 is 4.74 Å². The number of rotatable bonds is 4. The lowest BCUT2D eigenvalue weighted by molar-refractivity contribution is 0.296. The van der Waals surface area contributed by atoms with Crippen molar-refractivity contribution in [3.8, 4) is 5.75 Å². The molecule has 1 aromatic heterocycles. The molecule has 2 aromatic rings. The van der Waals surface area contributed by atoms with E-state index in [1.54, 1.807) is 0 Å². The van der Waals surface area contributed by atoms with Crippen LogP contribution in [0.25, 0.3) is 0 Å². The van der Waals surface area contributed by atoms with Crippen molar-refractivity contribution in [3.05, 3.63) is 42.0 Å². The van der Waals surface area contributed by atoms with E-state index >= 15 is 0 Å². The van der Waals surface area contributed by atoms with Crippen LogP contribution in [0, 0.1) is 0 Å². The summed E-state index contributed by atoms with van der Waals surface area (Å²) < 4.78 is 5.55. The van der Waals surface area contributed by atoms with Crippen molar-refractivity contribution in [2.45, 2.75) is 26.4 Å². The average Bonchev–Trinajstić information content (AvgIpc) is 2.76. The Morgan fingerprint density at radius 1 is 1.25 bits per heavy atom. The fourth-order valence-corrected chi connectivity index (χ4v) is 1.30. The summed E-state index contributed by atoms with van der Waals surface area (Å²) >= 11 is 0. The van der Waals surface area contributed by atoms with Gasteiger partial charge in [0.15, 0.2) is 11.6 Å². The molecule has 2 rings (SSSR count). The first-order valence-corrected chi connectivity index (χ1v) is 5.34. The van der Waals surface area contributed by atoms with E-state index in [9.17, 15) is 0 Å². The van der Waals surface area contributed by atoms with Gasteiger partial charge in [-0.1, -0.05) is 32.0 Å². The van der Waals surface area contributed by atoms with E-state index in [0.29, 0.717) is 12.5 Å². The molecule has 0 fully saturated rings. The first kappa shape index (κ1) is 10.7. The molecule has 0 saturated heterocycles. The second-order valence-electron chi connectivity index (χ2n) is 3.90. The molecule has 0 aliphatic carbocycles. The Kier molecular flexibility index (Phi) is 3.19. The Labute approximate surface area is 94.7 Å². The zero-order valence-corrected chi connectivity index (χ0v) is 9.47. The standard InChI is InChI=1S/C12H15N3O/c1-9(2)12-13-11(14-15-12)8-16-10-6-4-3-5-7-10/h3-7,9H,8H2,1-2H3,(H,13,14,15). The van der Waals surface area contributed by atoms with Gasteiger partial charge in [-0.3, -0.25) is 5.10 Å². The lowest BCUT2D eigenvalue weighted by Crippen LogP contribution is -1.97. The van der Waals surface area contributed by atoms with Gasteiger partial charge in [-0.2, -0.15) is 5.10 Å². The van der Waals surface area contributed by atoms with E-state index in [0.717, 1.165) is 17.4 Å². The lowest BCUT2D eigenvalue weighted by Gasteiger charge is -2.02. The van der Waals surface area contributed by atoms with E-state index in [2.05, 4.69) is 29.0 Å². The van der Waals surface area contributed by atoms with Crippen molar-refractivity contribution in [1.82, 2.24) is 15.2 Å². The fraction of sp³-hybridized carbons (Fsp3) is 0.333. The van der Waals surface area contributed by atoms with Crippen LogP contribution >= 0.6 is 0 Å². The topological polar surface area (TPSA) is 50.8 Å². The summed E-state index contributed by atoms with van der Waals surface area (Å²) in [5.74, 6) is 2.76. The lowest BCUT2D eigenvalue weighted by atomic mass is 10.2. The van der Waals surface area contributed by atoms with Gasteiger partial charge in [0.2, 0.25) is 0 Å². The maximum absolute atomic E-state index is 5.55. The molecule has 16 heavy (non-hydrogen) atoms. The Balaban J connectivity index is 1.95. The van der Waals surface area contributed by atoms with Gasteiger partial charge in [0.25, 0.3) is 0 Å². The normalized spacial score (nSPS) is 10.7. The molecular weight excluding hydrogens is 202 g/mol. The highest BCUT2D eigenvalue weighted by atomic mass is 16.5. The monoisotopic (exact) mass is 217 g/mol. The van der Waals surface area contributed by atoms with Gasteiger partial charge in [0.05, 0.1) is 0 Å². The van der Waals surface area contributed by atoms with Gasteiger partial charge >= 0.3 is 0 Å². The molecule has 0 radical (unpaired) electrons. The minimum absolute atomic E-state index is 0.335. The molecule has 1 heterocycles. The summed E-state index contributed by atoms with van der Waals surface area (Å²) in [5, 5.41) is 6.98. The zero-order valence-electron chi connectivity index (χ0n) is 9.47. The molecule has 0 spiro atoms. The summed E-state index contributed by atoms with van der Waals surface area (Å²) in [5.41, 5.74) is 0. The predicted molar refractivity (Wildman–Crippen MR) is 61.2 cm³/mol. The summed E-state index contributed by atoms with van der Waals surface area (Å²) in [6, 6.07) is 9.67. The highest BCUT2D eigenvalue weighted by Crippen LogP contribution is 2.11. The number of aromatic nitrogens is 3. The number of hydrogen-bond acceptors (Lipinski definition) is 3. The fourth-order valence-electron chi connectivity index (χ4n) is 1.30. The van der Waals surface area contributed by atoms with Gasteiger partial charge in [0, 0.05) is 5.92 Å². The molecular formula is C12H15N3O. The van der Waals surface area contributed by atoms with Crippen LogP contribution in [0.3, 0.4) is 0 Å². The summed E-state index contributed by atoms with van der Waals surface area (Å²) in [6.45, 7) is 4.54. The molecule has 4 nitrogen and oxygen atoms in total. The zero-order chi connectivity index (χ0) is 11.4. The number of nitrogens with one attached hydrogen (secondary N) is 1. The van der Waals surface area contributed by atoms with Gasteiger partial charge in [-0.05, 0) is 12.1 Å². The number of hydrogen-bond donors (Lipinski definition) is 1. The van der Waals surface area contributed by atoms with E-state index in [-0.39, 0.29) is 0 Å². The molecule has 84 valence electrons. The number of ether oxygens (including phenoxy) is 1. The SMILES string of the molecule is CC(C)c1n[nH]c(COc2ccccc2)n1. The number of nitrogens with zero attached hydrogens (tertiary/aromatic N) is 2. The second-order valence-corrected chi connectivity index (χ2v) is 3.90. The Morgan fingerprint density at radius 2 is 2.00 bits per heavy atom. The largest absolute Gasteiger partial charge is 0.486 e. The second kappa shape index (κ2) is 4.79. The van der Waals surface area contributed by atoms with Crippen molar-refractivity contribution in [3.63, 3.8) is 0 Å². The van der Waals surface area contributed by atoms with E-state index in [1.807, 2.05) is 30.3 Å². The van der Waals surface area contributed by atoms with Gasteiger partial charge < -0.3 is 4.74 Å². The molecule has 1 N–H and O–H groups in total. The minimum Gasteiger partial charge on any atom is -0.486 e. The Hall–Kier alpha value is -1.84. The third-order valence-electron chi connectivity index (χ3n) is 2.18. The molecule has 0 amide bonds. The minimum atomic E-state index is 0.335. The number of para-hydroxylation sites is 1. The quantitative estimate of drug-likeness (QED) is 0.856. The number of benzene rings is 1. The molecule has 0 bridgehead atoms. The van der Waals surface area contributed by atoms with Gasteiger partial charge in [0.1, 0.15) is 12.4 Å². The van der Waals surface area contributed by atoms with Crippen molar-refractivity contribution in [2.24, 2.45) is 0 Å². The van der Waals surface area contributed by atoms with E-state index in [4.69, 9.17) is 4.74 Å². The summed E-state index contributed by atoms with van der Waals surface area (Å²) in [6.07, 6.45) is 0. The van der Waals surface area contributed by atoms with Gasteiger partial charge in [-0.15, -0.1) is 0 Å². The summed E-state index contributed by atoms with van der Waals surface area (Å²) in [7, 11) is 0. The number of H-pyrrole nitrogens is 1. The maximum Gasteiger partial charge on any atom is 0.162 e. The molecule has 0 unspecified atom stereocenters. The molecule has 4 heteroatoms. The van der Waals surface area contributed by atoms with Crippen molar-refractivity contribution in [1.29, 1.82) is 0 Å². The predicted octanol–water partition coefficient (Wildman–Crippen LogP) is 2.51. The van der Waals surface area contributed by atoms with Crippen LogP contribution in [0.1, 0.15) is 31.4 Å². The van der Waals surface area contributed by atoms with Crippen LogP contribution in [-0.2, 0) is 6.61 Å². The molecule has 0 aliphatic rings. The maximum atomic E-state index is 5.55. The highest BCUT2D eigenvalue weighted by Gasteiger charge is 2.06. The average molecular weight is 217 g/mol. The van der Waals surface area contributed by atoms with Crippen LogP contribution in [0.5, 0.6) is 5.75 Å². The smallest absolute Gasteiger partial charge is 0.162 e. The Bertz CT molecular complexity index is 437. The van der Waals surface area contributed by atoms with Crippen LogP contribution < -0.4 is 4.74 Å². The molecule has 1 aromatic carbocycles. The van der Waals surface area contributed by atoms with Crippen molar-refractivity contribution in [2.75, 3.05) is 0 Å². The number of aromatic amines is 1. The van der Waals surface area contributed by atoms with E-state index in [1.165, 1.54) is 0 Å². The highest BCUT2D eigenvalue weighted by molar-refractivity contribution is 5.20. The third kappa shape index (κ3) is 2.59. The van der Waals surface area contributed by atoms with Crippen LogP contribution in [0.15, 0.2) is 30.3 Å². The van der Waals surface area contributed by atoms with Gasteiger partial charge in [-0.25, -0.2) is 4.98 Å². The first-order valence-electron chi connectivity index (χ1n) is 5.34. The van der Waals surface area contributed by atoms with Crippen LogP contribution in [0.4, 0.5) is 0 Å². The van der Waals surface area contributed by atoms with Crippen LogP contribution in [0.2, 0.25) is 0 Å². The Morgan fingerprint density at radius 3 is 2.62 bits per heavy atom. The van der Waals surface area contributed by atoms with E-state index < -0.39 is 0 Å².